The van der Waals surface area contributed by atoms with Gasteiger partial charge in [0.05, 0.1) is 18.8 Å². The Morgan fingerprint density at radius 1 is 0.438 bits per heavy atom. The molecule has 0 aromatic carbocycles. The Hall–Kier alpha value is -0.690. The van der Waals surface area contributed by atoms with Crippen LogP contribution < -0.4 is 5.32 Å². The number of carbonyl (C=O) groups excluding carboxylic acids is 1. The number of hydrogen-bond acceptors (Lipinski definition) is 5. The van der Waals surface area contributed by atoms with E-state index in [1.165, 1.54) is 167 Å². The Morgan fingerprint density at radius 2 is 0.708 bits per heavy atom. The maximum atomic E-state index is 12.5. The Bertz CT molecular complexity index is 648. The van der Waals surface area contributed by atoms with Crippen LogP contribution in [0, 0.1) is 0 Å². The van der Waals surface area contributed by atoms with Gasteiger partial charge >= 0.3 is 0 Å². The van der Waals surface area contributed by atoms with Crippen molar-refractivity contribution in [2.75, 3.05) is 6.61 Å². The molecule has 288 valence electrons. The van der Waals surface area contributed by atoms with Crippen molar-refractivity contribution in [2.45, 2.75) is 257 Å². The summed E-state index contributed by atoms with van der Waals surface area (Å²) in [4.78, 5) is 12.5. The van der Waals surface area contributed by atoms with Crippen LogP contribution in [0.25, 0.3) is 0 Å². The van der Waals surface area contributed by atoms with Crippen LogP contribution in [0.2, 0.25) is 0 Å². The molecule has 0 saturated carbocycles. The van der Waals surface area contributed by atoms with Gasteiger partial charge in [-0.15, -0.1) is 0 Å². The summed E-state index contributed by atoms with van der Waals surface area (Å²) in [6.07, 6.45) is 38.4. The summed E-state index contributed by atoms with van der Waals surface area (Å²) in [5, 5.41) is 43.6. The van der Waals surface area contributed by atoms with Gasteiger partial charge in [0, 0.05) is 0 Å². The van der Waals surface area contributed by atoms with E-state index in [1.807, 2.05) is 0 Å². The number of nitrogens with one attached hydrogen (secondary N) is 1. The summed E-state index contributed by atoms with van der Waals surface area (Å²) in [5.74, 6) is -0.580. The second kappa shape index (κ2) is 37.6. The average molecular weight is 684 g/mol. The minimum atomic E-state index is -1.25. The highest BCUT2D eigenvalue weighted by molar-refractivity contribution is 5.80. The van der Waals surface area contributed by atoms with Gasteiger partial charge in [0.1, 0.15) is 12.2 Å². The van der Waals surface area contributed by atoms with Gasteiger partial charge in [0.15, 0.2) is 0 Å². The predicted octanol–water partition coefficient (Wildman–Crippen LogP) is 10.8. The molecule has 6 heteroatoms. The fourth-order valence-corrected chi connectivity index (χ4v) is 6.88. The van der Waals surface area contributed by atoms with Gasteiger partial charge in [-0.05, 0) is 12.8 Å². The zero-order chi connectivity index (χ0) is 35.3. The van der Waals surface area contributed by atoms with Crippen LogP contribution in [0.15, 0.2) is 0 Å². The first kappa shape index (κ1) is 47.3. The van der Waals surface area contributed by atoms with E-state index in [1.54, 1.807) is 0 Å². The molecule has 0 spiro atoms. The Labute approximate surface area is 299 Å². The minimum Gasteiger partial charge on any atom is -0.394 e. The maximum Gasteiger partial charge on any atom is 0.249 e. The number of hydrogen-bond donors (Lipinski definition) is 5. The molecule has 1 amide bonds. The molecule has 0 aliphatic carbocycles. The monoisotopic (exact) mass is 684 g/mol. The summed E-state index contributed by atoms with van der Waals surface area (Å²) in [7, 11) is 0. The minimum absolute atomic E-state index is 0.375. The number of aliphatic hydroxyl groups is 4. The van der Waals surface area contributed by atoms with Crippen molar-refractivity contribution in [3.63, 3.8) is 0 Å². The number of unbranched alkanes of at least 4 members (excludes halogenated alkanes) is 30. The summed E-state index contributed by atoms with van der Waals surface area (Å²) in [6, 6.07) is -0.977. The summed E-state index contributed by atoms with van der Waals surface area (Å²) in [6.45, 7) is 4.05. The van der Waals surface area contributed by atoms with E-state index in [4.69, 9.17) is 0 Å². The molecular weight excluding hydrogens is 598 g/mol. The second-order valence-corrected chi connectivity index (χ2v) is 15.1. The highest BCUT2D eigenvalue weighted by Gasteiger charge is 2.28. The molecular formula is C42H85NO5. The zero-order valence-electron chi connectivity index (χ0n) is 32.3. The molecule has 0 radical (unpaired) electrons. The van der Waals surface area contributed by atoms with Gasteiger partial charge in [0.2, 0.25) is 5.91 Å². The largest absolute Gasteiger partial charge is 0.394 e. The lowest BCUT2D eigenvalue weighted by atomic mass is 9.99. The Balaban J connectivity index is 3.68. The topological polar surface area (TPSA) is 110 Å². The van der Waals surface area contributed by atoms with Gasteiger partial charge in [-0.1, -0.05) is 219 Å². The molecule has 0 aromatic heterocycles. The molecule has 5 N–H and O–H groups in total. The molecule has 0 heterocycles. The van der Waals surface area contributed by atoms with Crippen molar-refractivity contribution in [1.82, 2.24) is 5.32 Å². The van der Waals surface area contributed by atoms with Crippen LogP contribution in [0.1, 0.15) is 232 Å². The third-order valence-corrected chi connectivity index (χ3v) is 10.3. The number of aliphatic hydroxyl groups excluding tert-OH is 4. The summed E-state index contributed by atoms with van der Waals surface area (Å²) >= 11 is 0. The molecule has 0 bridgehead atoms. The summed E-state index contributed by atoms with van der Waals surface area (Å²) in [5.41, 5.74) is 0. The lowest BCUT2D eigenvalue weighted by Gasteiger charge is -2.27. The van der Waals surface area contributed by atoms with Crippen LogP contribution in [-0.4, -0.2) is 57.3 Å². The van der Waals surface area contributed by atoms with Crippen LogP contribution in [0.3, 0.4) is 0 Å². The second-order valence-electron chi connectivity index (χ2n) is 15.1. The fraction of sp³-hybridized carbons (Fsp3) is 0.976. The molecule has 0 aliphatic rings. The van der Waals surface area contributed by atoms with Gasteiger partial charge in [-0.3, -0.25) is 4.79 Å². The van der Waals surface area contributed by atoms with Crippen molar-refractivity contribution in [3.05, 3.63) is 0 Å². The lowest BCUT2D eigenvalue weighted by molar-refractivity contribution is -0.132. The van der Waals surface area contributed by atoms with E-state index in [0.29, 0.717) is 12.8 Å². The maximum absolute atomic E-state index is 12.5. The molecule has 0 unspecified atom stereocenters. The quantitative estimate of drug-likeness (QED) is 0.0414. The standard InChI is InChI=1S/C42H85NO5/c1-3-5-7-9-11-13-15-17-18-19-20-21-22-23-24-26-28-30-32-34-36-40(46)42(48)43-38(37-44)41(47)39(45)35-33-31-29-27-25-16-14-12-10-8-6-4-2/h38-41,44-47H,3-37H2,1-2H3,(H,43,48)/t38-,39+,40+,41+/m1/s1. The lowest BCUT2D eigenvalue weighted by Crippen LogP contribution is -2.53. The highest BCUT2D eigenvalue weighted by Crippen LogP contribution is 2.17. The normalized spacial score (nSPS) is 14.2. The fourth-order valence-electron chi connectivity index (χ4n) is 6.88. The van der Waals surface area contributed by atoms with Crippen molar-refractivity contribution in [2.24, 2.45) is 0 Å². The molecule has 0 fully saturated rings. The molecule has 48 heavy (non-hydrogen) atoms. The van der Waals surface area contributed by atoms with E-state index in [2.05, 4.69) is 19.2 Å². The summed E-state index contributed by atoms with van der Waals surface area (Å²) < 4.78 is 0. The van der Waals surface area contributed by atoms with E-state index in [9.17, 15) is 25.2 Å². The predicted molar refractivity (Wildman–Crippen MR) is 205 cm³/mol. The number of rotatable bonds is 39. The van der Waals surface area contributed by atoms with E-state index in [-0.39, 0.29) is 0 Å². The van der Waals surface area contributed by atoms with Crippen LogP contribution >= 0.6 is 0 Å². The van der Waals surface area contributed by atoms with Crippen LogP contribution in [0.4, 0.5) is 0 Å². The zero-order valence-corrected chi connectivity index (χ0v) is 32.3. The van der Waals surface area contributed by atoms with Crippen molar-refractivity contribution in [3.8, 4) is 0 Å². The van der Waals surface area contributed by atoms with E-state index >= 15 is 0 Å². The highest BCUT2D eigenvalue weighted by atomic mass is 16.3. The Kier molecular flexibility index (Phi) is 37.0. The van der Waals surface area contributed by atoms with Crippen molar-refractivity contribution >= 4 is 5.91 Å². The number of carbonyl (C=O) groups is 1. The van der Waals surface area contributed by atoms with Gasteiger partial charge in [-0.25, -0.2) is 0 Å². The first-order valence-electron chi connectivity index (χ1n) is 21.4. The first-order valence-corrected chi connectivity index (χ1v) is 21.4. The van der Waals surface area contributed by atoms with Crippen molar-refractivity contribution < 1.29 is 25.2 Å². The molecule has 0 saturated heterocycles. The molecule has 6 nitrogen and oxygen atoms in total. The SMILES string of the molecule is CCCCCCCCCCCCCCCCCCCCCC[C@H](O)C(=O)N[C@H](CO)[C@H](O)[C@@H](O)CCCCCCCCCCCCCC. The third-order valence-electron chi connectivity index (χ3n) is 10.3. The van der Waals surface area contributed by atoms with Crippen LogP contribution in [0.5, 0.6) is 0 Å². The van der Waals surface area contributed by atoms with Crippen LogP contribution in [-0.2, 0) is 4.79 Å². The van der Waals surface area contributed by atoms with Gasteiger partial charge in [0.25, 0.3) is 0 Å². The first-order chi connectivity index (χ1) is 23.5. The van der Waals surface area contributed by atoms with Gasteiger partial charge in [-0.2, -0.15) is 0 Å². The van der Waals surface area contributed by atoms with E-state index in [0.717, 1.165) is 38.5 Å². The third kappa shape index (κ3) is 31.3. The van der Waals surface area contributed by atoms with Crippen molar-refractivity contribution in [1.29, 1.82) is 0 Å². The molecule has 0 aliphatic heterocycles. The molecule has 0 aromatic rings. The molecule has 0 rings (SSSR count). The van der Waals surface area contributed by atoms with Gasteiger partial charge < -0.3 is 25.7 Å². The molecule has 4 atom stereocenters. The smallest absolute Gasteiger partial charge is 0.249 e. The number of amides is 1. The Morgan fingerprint density at radius 3 is 1.00 bits per heavy atom. The average Bonchev–Trinajstić information content (AvgIpc) is 3.09. The van der Waals surface area contributed by atoms with E-state index < -0.39 is 36.9 Å².